The van der Waals surface area contributed by atoms with Crippen LogP contribution in [0.3, 0.4) is 0 Å². The Kier molecular flexibility index (Phi) is 5.13. The van der Waals surface area contributed by atoms with E-state index in [0.717, 1.165) is 57.2 Å². The van der Waals surface area contributed by atoms with Gasteiger partial charge in [0.05, 0.1) is 6.04 Å². The van der Waals surface area contributed by atoms with Crippen molar-refractivity contribution in [2.45, 2.75) is 63.5 Å². The zero-order valence-electron chi connectivity index (χ0n) is 16.6. The molecule has 3 aliphatic rings. The highest BCUT2D eigenvalue weighted by atomic mass is 32.2. The first-order valence-electron chi connectivity index (χ1n) is 10.7. The van der Waals surface area contributed by atoms with Crippen LogP contribution in [0.2, 0.25) is 0 Å². The van der Waals surface area contributed by atoms with Gasteiger partial charge >= 0.3 is 0 Å². The number of aromatic amines is 1. The molecule has 0 amide bonds. The molecule has 0 spiro atoms. The summed E-state index contributed by atoms with van der Waals surface area (Å²) in [5.74, 6) is 1.78. The van der Waals surface area contributed by atoms with Gasteiger partial charge in [-0.15, -0.1) is 0 Å². The maximum Gasteiger partial charge on any atom is 0.282 e. The Balaban J connectivity index is 1.36. The van der Waals surface area contributed by atoms with Gasteiger partial charge in [0.15, 0.2) is 5.82 Å². The molecule has 1 saturated carbocycles. The summed E-state index contributed by atoms with van der Waals surface area (Å²) in [5, 5.41) is 7.52. The van der Waals surface area contributed by atoms with E-state index in [9.17, 15) is 8.42 Å². The molecule has 29 heavy (non-hydrogen) atoms. The number of hydrogen-bond acceptors (Lipinski definition) is 5. The van der Waals surface area contributed by atoms with E-state index in [2.05, 4.69) is 15.2 Å². The van der Waals surface area contributed by atoms with Crippen molar-refractivity contribution in [3.63, 3.8) is 0 Å². The van der Waals surface area contributed by atoms with Gasteiger partial charge in [0.2, 0.25) is 0 Å². The smallest absolute Gasteiger partial charge is 0.265 e. The fraction of sp³-hybridized carbons (Fsp3) is 0.650. The molecular weight excluding hydrogens is 388 g/mol. The number of pyridine rings is 1. The van der Waals surface area contributed by atoms with Crippen LogP contribution in [0.25, 0.3) is 0 Å². The van der Waals surface area contributed by atoms with Gasteiger partial charge < -0.3 is 0 Å². The number of hydrogen-bond donors (Lipinski definition) is 1. The zero-order chi connectivity index (χ0) is 19.8. The third-order valence-electron chi connectivity index (χ3n) is 6.65. The summed E-state index contributed by atoms with van der Waals surface area (Å²) in [7, 11) is -3.47. The van der Waals surface area contributed by atoms with Crippen LogP contribution in [-0.2, 0) is 23.1 Å². The summed E-state index contributed by atoms with van der Waals surface area (Å²) in [6.07, 6.45) is 11.1. The van der Waals surface area contributed by atoms with Crippen molar-refractivity contribution in [2.75, 3.05) is 13.1 Å². The Labute approximate surface area is 171 Å². The first-order chi connectivity index (χ1) is 14.1. The summed E-state index contributed by atoms with van der Waals surface area (Å²) in [6.45, 7) is 1.27. The molecule has 8 nitrogen and oxygen atoms in total. The van der Waals surface area contributed by atoms with Gasteiger partial charge in [0.25, 0.3) is 10.2 Å². The van der Waals surface area contributed by atoms with Crippen molar-refractivity contribution in [1.29, 1.82) is 0 Å². The van der Waals surface area contributed by atoms with Crippen LogP contribution < -0.4 is 0 Å². The van der Waals surface area contributed by atoms with Crippen molar-refractivity contribution in [1.82, 2.24) is 28.8 Å². The summed E-state index contributed by atoms with van der Waals surface area (Å²) < 4.78 is 30.4. The zero-order valence-corrected chi connectivity index (χ0v) is 17.4. The number of piperidine rings is 2. The van der Waals surface area contributed by atoms with E-state index in [-0.39, 0.29) is 12.1 Å². The lowest BCUT2D eigenvalue weighted by Gasteiger charge is -2.37. The molecular formula is C20H28N6O2S. The first kappa shape index (κ1) is 19.1. The maximum atomic E-state index is 13.5. The van der Waals surface area contributed by atoms with E-state index in [4.69, 9.17) is 4.98 Å². The van der Waals surface area contributed by atoms with Crippen LogP contribution in [0, 0.1) is 5.92 Å². The monoisotopic (exact) mass is 416 g/mol. The van der Waals surface area contributed by atoms with Gasteiger partial charge in [-0.2, -0.15) is 22.1 Å². The molecule has 4 heterocycles. The minimum absolute atomic E-state index is 0.0932. The third-order valence-corrected chi connectivity index (χ3v) is 8.72. The fourth-order valence-electron chi connectivity index (χ4n) is 5.20. The van der Waals surface area contributed by atoms with E-state index in [1.54, 1.807) is 21.0 Å². The summed E-state index contributed by atoms with van der Waals surface area (Å²) in [4.78, 5) is 8.77. The molecule has 2 aliphatic heterocycles. The lowest BCUT2D eigenvalue weighted by molar-refractivity contribution is 0.211. The largest absolute Gasteiger partial charge is 0.282 e. The van der Waals surface area contributed by atoms with Gasteiger partial charge in [-0.25, -0.2) is 4.98 Å². The molecule has 0 aromatic carbocycles. The standard InChI is InChI=1S/C20H28N6O2S/c27-29(28,25-12-2-1-3-13-25)26-17-6-5-16(14-17)19(26)20-22-18(23-24-20)7-4-15-8-10-21-11-9-15/h8-11,16-17,19H,1-7,12-14H2,(H,22,23,24)/t16-,17+,19-/m0/s1. The lowest BCUT2D eigenvalue weighted by atomic mass is 9.99. The number of nitrogens with zero attached hydrogens (tertiary/aromatic N) is 5. The van der Waals surface area contributed by atoms with E-state index in [1.165, 1.54) is 5.56 Å². The quantitative estimate of drug-likeness (QED) is 0.779. The van der Waals surface area contributed by atoms with Crippen LogP contribution in [0.4, 0.5) is 0 Å². The molecule has 1 aliphatic carbocycles. The van der Waals surface area contributed by atoms with E-state index in [0.29, 0.717) is 24.8 Å². The second kappa shape index (κ2) is 7.77. The molecule has 2 saturated heterocycles. The van der Waals surface area contributed by atoms with Crippen LogP contribution in [0.1, 0.15) is 61.8 Å². The molecule has 1 N–H and O–H groups in total. The molecule has 5 rings (SSSR count). The van der Waals surface area contributed by atoms with Crippen molar-refractivity contribution in [2.24, 2.45) is 5.92 Å². The first-order valence-corrected chi connectivity index (χ1v) is 12.1. The van der Waals surface area contributed by atoms with Crippen molar-refractivity contribution < 1.29 is 8.42 Å². The minimum atomic E-state index is -3.47. The Bertz CT molecular complexity index is 941. The predicted octanol–water partition coefficient (Wildman–Crippen LogP) is 2.24. The third kappa shape index (κ3) is 3.60. The summed E-state index contributed by atoms with van der Waals surface area (Å²) >= 11 is 0. The van der Waals surface area contributed by atoms with E-state index < -0.39 is 10.2 Å². The topological polar surface area (TPSA) is 95.1 Å². The second-order valence-electron chi connectivity index (χ2n) is 8.46. The molecule has 3 atom stereocenters. The average Bonchev–Trinajstić information content (AvgIpc) is 3.49. The van der Waals surface area contributed by atoms with Gasteiger partial charge in [0.1, 0.15) is 5.82 Å². The van der Waals surface area contributed by atoms with Gasteiger partial charge in [0, 0.05) is 37.9 Å². The number of aromatic nitrogens is 4. The molecule has 9 heteroatoms. The Morgan fingerprint density at radius 2 is 1.86 bits per heavy atom. The van der Waals surface area contributed by atoms with Gasteiger partial charge in [-0.3, -0.25) is 10.1 Å². The number of nitrogens with one attached hydrogen (secondary N) is 1. The van der Waals surface area contributed by atoms with Gasteiger partial charge in [-0.05, 0) is 62.1 Å². The minimum Gasteiger partial charge on any atom is -0.265 e. The normalized spacial score (nSPS) is 28.2. The van der Waals surface area contributed by atoms with Crippen LogP contribution in [-0.4, -0.2) is 56.3 Å². The van der Waals surface area contributed by atoms with E-state index in [1.807, 2.05) is 12.1 Å². The second-order valence-corrected chi connectivity index (χ2v) is 10.3. The highest BCUT2D eigenvalue weighted by Crippen LogP contribution is 2.51. The molecule has 2 aromatic heterocycles. The molecule has 156 valence electrons. The van der Waals surface area contributed by atoms with Crippen LogP contribution in [0.5, 0.6) is 0 Å². The number of aryl methyl sites for hydroxylation is 2. The highest BCUT2D eigenvalue weighted by molar-refractivity contribution is 7.86. The molecule has 0 unspecified atom stereocenters. The molecule has 2 bridgehead atoms. The molecule has 3 fully saturated rings. The fourth-order valence-corrected chi connectivity index (χ4v) is 7.30. The Hall–Kier alpha value is -1.84. The maximum absolute atomic E-state index is 13.5. The Morgan fingerprint density at radius 3 is 2.66 bits per heavy atom. The average molecular weight is 417 g/mol. The van der Waals surface area contributed by atoms with Crippen molar-refractivity contribution in [3.8, 4) is 0 Å². The SMILES string of the molecule is O=S(=O)(N1CCCCC1)N1[C@@H]2CC[C@@H](C2)[C@H]1c1n[nH]c(CCc2ccncc2)n1. The summed E-state index contributed by atoms with van der Waals surface area (Å²) in [6, 6.07) is 3.86. The van der Waals surface area contributed by atoms with Gasteiger partial charge in [-0.1, -0.05) is 6.42 Å². The lowest BCUT2D eigenvalue weighted by Crippen LogP contribution is -2.50. The van der Waals surface area contributed by atoms with Crippen LogP contribution in [0.15, 0.2) is 24.5 Å². The molecule has 2 aromatic rings. The van der Waals surface area contributed by atoms with Crippen LogP contribution >= 0.6 is 0 Å². The summed E-state index contributed by atoms with van der Waals surface area (Å²) in [5.41, 5.74) is 1.20. The number of rotatable bonds is 6. The predicted molar refractivity (Wildman–Crippen MR) is 108 cm³/mol. The Morgan fingerprint density at radius 1 is 1.07 bits per heavy atom. The number of fused-ring (bicyclic) bond motifs is 2. The van der Waals surface area contributed by atoms with Crippen molar-refractivity contribution >= 4 is 10.2 Å². The van der Waals surface area contributed by atoms with E-state index >= 15 is 0 Å². The highest BCUT2D eigenvalue weighted by Gasteiger charge is 2.54. The van der Waals surface area contributed by atoms with Crippen molar-refractivity contribution in [3.05, 3.63) is 41.7 Å². The molecule has 0 radical (unpaired) electrons. The number of H-pyrrole nitrogens is 1.